The van der Waals surface area contributed by atoms with Crippen LogP contribution in [0.4, 0.5) is 4.39 Å². The summed E-state index contributed by atoms with van der Waals surface area (Å²) in [6.45, 7) is 1.74. The van der Waals surface area contributed by atoms with Gasteiger partial charge in [0, 0.05) is 35.0 Å². The molecule has 5 rings (SSSR count). The quantitative estimate of drug-likeness (QED) is 0.246. The summed E-state index contributed by atoms with van der Waals surface area (Å²) in [5, 5.41) is 5.26. The van der Waals surface area contributed by atoms with Gasteiger partial charge in [0.1, 0.15) is 11.0 Å². The number of halogens is 2. The molecule has 3 heterocycles. The van der Waals surface area contributed by atoms with Crippen LogP contribution in [0.15, 0.2) is 85.2 Å². The first-order valence-electron chi connectivity index (χ1n) is 11.5. The third-order valence-electron chi connectivity index (χ3n) is 5.76. The normalized spacial score (nSPS) is 11.1. The third kappa shape index (κ3) is 5.14. The summed E-state index contributed by atoms with van der Waals surface area (Å²) in [5.74, 6) is -1.45. The fourth-order valence-corrected chi connectivity index (χ4v) is 4.21. The van der Waals surface area contributed by atoms with Crippen LogP contribution in [-0.2, 0) is 4.79 Å². The number of nitrogens with zero attached hydrogens (tertiary/aromatic N) is 4. The number of amides is 2. The van der Waals surface area contributed by atoms with E-state index in [0.717, 1.165) is 5.56 Å². The zero-order valence-electron chi connectivity index (χ0n) is 20.0. The fourth-order valence-electron chi connectivity index (χ4n) is 3.87. The van der Waals surface area contributed by atoms with E-state index in [-0.39, 0.29) is 11.0 Å². The van der Waals surface area contributed by atoms with Crippen molar-refractivity contribution in [1.82, 2.24) is 30.6 Å². The Morgan fingerprint density at radius 1 is 1.00 bits per heavy atom. The smallest absolute Gasteiger partial charge is 0.268 e. The second-order valence-corrected chi connectivity index (χ2v) is 8.62. The van der Waals surface area contributed by atoms with Crippen LogP contribution in [-0.4, -0.2) is 31.6 Å². The molecule has 0 aliphatic heterocycles. The minimum atomic E-state index is -0.573. The second-order valence-electron chi connectivity index (χ2n) is 8.26. The molecule has 0 radical (unpaired) electrons. The zero-order valence-corrected chi connectivity index (χ0v) is 20.8. The van der Waals surface area contributed by atoms with Crippen LogP contribution in [0.1, 0.15) is 21.6 Å². The summed E-state index contributed by atoms with van der Waals surface area (Å²) in [7, 11) is 0. The summed E-state index contributed by atoms with van der Waals surface area (Å²) < 4.78 is 14.7. The number of para-hydroxylation sites is 1. The third-order valence-corrected chi connectivity index (χ3v) is 6.12. The lowest BCUT2D eigenvalue weighted by atomic mass is 10.0. The summed E-state index contributed by atoms with van der Waals surface area (Å²) in [4.78, 5) is 34.2. The average molecular weight is 527 g/mol. The monoisotopic (exact) mass is 526 g/mol. The molecule has 188 valence electrons. The maximum Gasteiger partial charge on any atom is 0.270 e. The second kappa shape index (κ2) is 10.6. The van der Waals surface area contributed by atoms with Crippen molar-refractivity contribution >= 4 is 40.4 Å². The van der Waals surface area contributed by atoms with Gasteiger partial charge >= 0.3 is 0 Å². The molecule has 0 fully saturated rings. The average Bonchev–Trinajstić information content (AvgIpc) is 3.23. The maximum absolute atomic E-state index is 13.3. The van der Waals surface area contributed by atoms with Gasteiger partial charge in [0.2, 0.25) is 0 Å². The molecule has 2 N–H and O–H groups in total. The van der Waals surface area contributed by atoms with E-state index in [9.17, 15) is 14.0 Å². The summed E-state index contributed by atoms with van der Waals surface area (Å²) >= 11 is 6.46. The summed E-state index contributed by atoms with van der Waals surface area (Å²) in [5.41, 5.74) is 8.90. The summed E-state index contributed by atoms with van der Waals surface area (Å²) in [6.07, 6.45) is 6.03. The van der Waals surface area contributed by atoms with Crippen LogP contribution >= 0.6 is 11.6 Å². The molecule has 3 aromatic heterocycles. The Hall–Kier alpha value is -4.89. The topological polar surface area (TPSA) is 102 Å². The molecule has 2 amide bonds. The van der Waals surface area contributed by atoms with Gasteiger partial charge in [0.05, 0.1) is 28.2 Å². The molecule has 0 bridgehead atoms. The first kappa shape index (κ1) is 24.8. The van der Waals surface area contributed by atoms with Gasteiger partial charge in [-0.2, -0.15) is 5.10 Å². The van der Waals surface area contributed by atoms with Crippen LogP contribution in [0.5, 0.6) is 0 Å². The number of aryl methyl sites for hydroxylation is 1. The van der Waals surface area contributed by atoms with E-state index in [0.29, 0.717) is 39.1 Å². The molecule has 0 saturated carbocycles. The van der Waals surface area contributed by atoms with Crippen LogP contribution in [0.2, 0.25) is 5.15 Å². The molecule has 2 aromatic carbocycles. The predicted octanol–water partition coefficient (Wildman–Crippen LogP) is 5.06. The molecule has 0 aliphatic carbocycles. The molecule has 10 heteroatoms. The molecular formula is C28H20ClFN6O2. The highest BCUT2D eigenvalue weighted by molar-refractivity contribution is 6.31. The van der Waals surface area contributed by atoms with Crippen molar-refractivity contribution in [1.29, 1.82) is 0 Å². The zero-order chi connectivity index (χ0) is 26.6. The highest BCUT2D eigenvalue weighted by Crippen LogP contribution is 2.26. The number of aromatic nitrogens is 4. The fraction of sp³-hybridized carbons (Fsp3) is 0.0357. The number of pyridine rings is 2. The van der Waals surface area contributed by atoms with Crippen LogP contribution < -0.4 is 10.9 Å². The largest absolute Gasteiger partial charge is 0.270 e. The molecule has 0 saturated heterocycles. The standard InChI is InChI=1S/C28H20ClFN6O2/c1-17-21(27(29)36(35-17)20-8-6-19(30)7-9-20)10-11-26(37)33-34-28(38)23-16-25(18-12-14-31-15-13-18)32-24-5-3-2-4-22(23)24/h2-16H,1H3,(H,33,37)(H,34,38). The van der Waals surface area contributed by atoms with E-state index >= 15 is 0 Å². The Morgan fingerprint density at radius 2 is 1.74 bits per heavy atom. The van der Waals surface area contributed by atoms with Gasteiger partial charge < -0.3 is 0 Å². The Bertz CT molecular complexity index is 1680. The molecule has 5 aromatic rings. The number of rotatable bonds is 5. The van der Waals surface area contributed by atoms with Gasteiger partial charge in [0.15, 0.2) is 0 Å². The number of carbonyl (C=O) groups excluding carboxylic acids is 2. The minimum absolute atomic E-state index is 0.258. The molecule has 0 unspecified atom stereocenters. The van der Waals surface area contributed by atoms with E-state index in [4.69, 9.17) is 11.6 Å². The number of hydrogen-bond donors (Lipinski definition) is 2. The number of fused-ring (bicyclic) bond motifs is 1. The number of nitrogens with one attached hydrogen (secondary N) is 2. The van der Waals surface area contributed by atoms with Crippen LogP contribution in [0.3, 0.4) is 0 Å². The van der Waals surface area contributed by atoms with Crippen molar-refractivity contribution in [2.24, 2.45) is 0 Å². The molecular weight excluding hydrogens is 507 g/mol. The Morgan fingerprint density at radius 3 is 2.50 bits per heavy atom. The number of hydrazine groups is 1. The van der Waals surface area contributed by atoms with E-state index < -0.39 is 11.8 Å². The van der Waals surface area contributed by atoms with Gasteiger partial charge in [-0.25, -0.2) is 14.1 Å². The number of carbonyl (C=O) groups is 2. The Balaban J connectivity index is 1.32. The van der Waals surface area contributed by atoms with Crippen LogP contribution in [0.25, 0.3) is 33.9 Å². The van der Waals surface area contributed by atoms with E-state index in [1.54, 1.807) is 55.7 Å². The first-order valence-corrected chi connectivity index (χ1v) is 11.9. The Kier molecular flexibility index (Phi) is 6.92. The maximum atomic E-state index is 13.3. The van der Waals surface area contributed by atoms with E-state index in [1.165, 1.54) is 29.0 Å². The van der Waals surface area contributed by atoms with Crippen molar-refractivity contribution in [3.05, 3.63) is 113 Å². The van der Waals surface area contributed by atoms with Crippen LogP contribution in [0, 0.1) is 12.7 Å². The van der Waals surface area contributed by atoms with Gasteiger partial charge in [-0.1, -0.05) is 29.8 Å². The van der Waals surface area contributed by atoms with Gasteiger partial charge in [-0.15, -0.1) is 0 Å². The molecule has 0 atom stereocenters. The molecule has 38 heavy (non-hydrogen) atoms. The lowest BCUT2D eigenvalue weighted by molar-refractivity contribution is -0.117. The highest BCUT2D eigenvalue weighted by Gasteiger charge is 2.15. The van der Waals surface area contributed by atoms with Gasteiger partial charge in [-0.3, -0.25) is 25.4 Å². The van der Waals surface area contributed by atoms with E-state index in [1.807, 2.05) is 18.2 Å². The molecule has 8 nitrogen and oxygen atoms in total. The number of benzene rings is 2. The lowest BCUT2D eigenvalue weighted by Gasteiger charge is -2.10. The van der Waals surface area contributed by atoms with Crippen molar-refractivity contribution < 1.29 is 14.0 Å². The van der Waals surface area contributed by atoms with E-state index in [2.05, 4.69) is 25.9 Å². The molecule has 0 aliphatic rings. The lowest BCUT2D eigenvalue weighted by Crippen LogP contribution is -2.40. The van der Waals surface area contributed by atoms with Gasteiger partial charge in [-0.05, 0) is 61.5 Å². The van der Waals surface area contributed by atoms with Gasteiger partial charge in [0.25, 0.3) is 11.8 Å². The summed E-state index contributed by atoms with van der Waals surface area (Å²) in [6, 6.07) is 18.2. The predicted molar refractivity (Wildman–Crippen MR) is 143 cm³/mol. The number of hydrogen-bond acceptors (Lipinski definition) is 5. The minimum Gasteiger partial charge on any atom is -0.268 e. The molecule has 0 spiro atoms. The Labute approximate surface area is 221 Å². The highest BCUT2D eigenvalue weighted by atomic mass is 35.5. The SMILES string of the molecule is Cc1nn(-c2ccc(F)cc2)c(Cl)c1C=CC(=O)NNC(=O)c1cc(-c2ccncc2)nc2ccccc12. The first-order chi connectivity index (χ1) is 18.4. The van der Waals surface area contributed by atoms with Crippen molar-refractivity contribution in [3.63, 3.8) is 0 Å². The van der Waals surface area contributed by atoms with Crippen molar-refractivity contribution in [2.45, 2.75) is 6.92 Å². The van der Waals surface area contributed by atoms with Crippen molar-refractivity contribution in [3.8, 4) is 16.9 Å². The van der Waals surface area contributed by atoms with Crippen molar-refractivity contribution in [2.75, 3.05) is 0 Å².